The molecule has 0 fully saturated rings. The molecule has 0 aliphatic carbocycles. The first-order valence-electron chi connectivity index (χ1n) is 6.28. The van der Waals surface area contributed by atoms with E-state index in [2.05, 4.69) is 5.32 Å². The van der Waals surface area contributed by atoms with Crippen LogP contribution in [-0.4, -0.2) is 37.2 Å². The predicted molar refractivity (Wildman–Crippen MR) is 74.7 cm³/mol. The summed E-state index contributed by atoms with van der Waals surface area (Å²) in [6.07, 6.45) is 2.00. The van der Waals surface area contributed by atoms with Crippen LogP contribution >= 0.6 is 0 Å². The number of amides is 1. The van der Waals surface area contributed by atoms with Gasteiger partial charge in [0, 0.05) is 31.7 Å². The molecule has 1 aliphatic heterocycles. The fraction of sp³-hybridized carbons (Fsp3) is 0.357. The Kier molecular flexibility index (Phi) is 2.71. The van der Waals surface area contributed by atoms with Gasteiger partial charge in [-0.15, -0.1) is 0 Å². The lowest BCUT2D eigenvalue weighted by atomic mass is 10.2. The number of carbonyl (C=O) groups is 1. The Morgan fingerprint density at radius 3 is 2.89 bits per heavy atom. The SMILES string of the molecule is CN[C@H]1COc2cc3c(ccn3C)cc2N(C)C1=O. The number of aromatic nitrogens is 1. The maximum absolute atomic E-state index is 12.3. The summed E-state index contributed by atoms with van der Waals surface area (Å²) in [4.78, 5) is 13.9. The number of ether oxygens (including phenoxy) is 1. The van der Waals surface area contributed by atoms with Crippen LogP contribution in [0.1, 0.15) is 0 Å². The normalized spacial score (nSPS) is 19.2. The molecule has 5 nitrogen and oxygen atoms in total. The summed E-state index contributed by atoms with van der Waals surface area (Å²) in [5, 5.41) is 4.09. The Balaban J connectivity index is 2.15. The zero-order valence-electron chi connectivity index (χ0n) is 11.3. The van der Waals surface area contributed by atoms with Crippen molar-refractivity contribution in [3.8, 4) is 5.75 Å². The van der Waals surface area contributed by atoms with Crippen LogP contribution in [-0.2, 0) is 11.8 Å². The van der Waals surface area contributed by atoms with Crippen LogP contribution in [0.3, 0.4) is 0 Å². The molecule has 5 heteroatoms. The molecule has 1 aliphatic rings. The topological polar surface area (TPSA) is 46.5 Å². The third kappa shape index (κ3) is 1.77. The Labute approximate surface area is 111 Å². The zero-order valence-corrected chi connectivity index (χ0v) is 11.3. The van der Waals surface area contributed by atoms with Crippen molar-refractivity contribution in [3.05, 3.63) is 24.4 Å². The average molecular weight is 259 g/mol. The fourth-order valence-corrected chi connectivity index (χ4v) is 2.47. The van der Waals surface area contributed by atoms with E-state index in [0.29, 0.717) is 6.61 Å². The van der Waals surface area contributed by atoms with E-state index >= 15 is 0 Å². The van der Waals surface area contributed by atoms with Crippen molar-refractivity contribution < 1.29 is 9.53 Å². The number of nitrogens with one attached hydrogen (secondary N) is 1. The molecule has 0 bridgehead atoms. The van der Waals surface area contributed by atoms with Gasteiger partial charge in [-0.05, 0) is 19.2 Å². The van der Waals surface area contributed by atoms with E-state index < -0.39 is 0 Å². The molecule has 0 radical (unpaired) electrons. The fourth-order valence-electron chi connectivity index (χ4n) is 2.47. The summed E-state index contributed by atoms with van der Waals surface area (Å²) >= 11 is 0. The second-order valence-electron chi connectivity index (χ2n) is 4.85. The molecular formula is C14H17N3O2. The van der Waals surface area contributed by atoms with E-state index in [-0.39, 0.29) is 11.9 Å². The van der Waals surface area contributed by atoms with Gasteiger partial charge in [0.15, 0.2) is 0 Å². The molecule has 1 aromatic heterocycles. The number of benzene rings is 1. The molecule has 2 aromatic rings. The minimum atomic E-state index is -0.305. The number of carbonyl (C=O) groups excluding carboxylic acids is 1. The van der Waals surface area contributed by atoms with Gasteiger partial charge >= 0.3 is 0 Å². The lowest BCUT2D eigenvalue weighted by molar-refractivity contribution is -0.120. The van der Waals surface area contributed by atoms with Crippen LogP contribution in [0.5, 0.6) is 5.75 Å². The van der Waals surface area contributed by atoms with Gasteiger partial charge < -0.3 is 19.5 Å². The van der Waals surface area contributed by atoms with Gasteiger partial charge in [0.2, 0.25) is 5.91 Å². The Morgan fingerprint density at radius 2 is 2.16 bits per heavy atom. The molecule has 1 aromatic carbocycles. The number of nitrogens with zero attached hydrogens (tertiary/aromatic N) is 2. The molecule has 3 rings (SSSR count). The highest BCUT2D eigenvalue weighted by Crippen LogP contribution is 2.35. The van der Waals surface area contributed by atoms with Crippen LogP contribution < -0.4 is 15.0 Å². The number of anilines is 1. The van der Waals surface area contributed by atoms with Gasteiger partial charge in [-0.25, -0.2) is 0 Å². The maximum atomic E-state index is 12.3. The van der Waals surface area contributed by atoms with Crippen LogP contribution in [0, 0.1) is 0 Å². The first kappa shape index (κ1) is 12.0. The van der Waals surface area contributed by atoms with Crippen LogP contribution in [0.15, 0.2) is 24.4 Å². The number of hydrogen-bond acceptors (Lipinski definition) is 3. The molecule has 19 heavy (non-hydrogen) atoms. The van der Waals surface area contributed by atoms with Crippen molar-refractivity contribution >= 4 is 22.5 Å². The molecule has 0 spiro atoms. The molecule has 0 unspecified atom stereocenters. The average Bonchev–Trinajstić information content (AvgIpc) is 2.73. The number of rotatable bonds is 1. The number of hydrogen-bond donors (Lipinski definition) is 1. The third-order valence-corrected chi connectivity index (χ3v) is 3.71. The third-order valence-electron chi connectivity index (χ3n) is 3.71. The number of aryl methyl sites for hydroxylation is 1. The van der Waals surface area contributed by atoms with Crippen LogP contribution in [0.25, 0.3) is 10.9 Å². The van der Waals surface area contributed by atoms with Gasteiger partial charge in [0.05, 0.1) is 11.2 Å². The van der Waals surface area contributed by atoms with Gasteiger partial charge in [-0.2, -0.15) is 0 Å². The summed E-state index contributed by atoms with van der Waals surface area (Å²) in [6.45, 7) is 0.350. The Bertz CT molecular complexity index is 647. The van der Waals surface area contributed by atoms with E-state index in [9.17, 15) is 4.79 Å². The molecule has 0 saturated carbocycles. The summed E-state index contributed by atoms with van der Waals surface area (Å²) in [5.41, 5.74) is 1.92. The molecule has 2 heterocycles. The van der Waals surface area contributed by atoms with Gasteiger partial charge in [0.25, 0.3) is 0 Å². The minimum absolute atomic E-state index is 0.0246. The first-order valence-corrected chi connectivity index (χ1v) is 6.28. The minimum Gasteiger partial charge on any atom is -0.489 e. The van der Waals surface area contributed by atoms with Crippen molar-refractivity contribution in [1.82, 2.24) is 9.88 Å². The monoisotopic (exact) mass is 259 g/mol. The van der Waals surface area contributed by atoms with Crippen LogP contribution in [0.4, 0.5) is 5.69 Å². The highest BCUT2D eigenvalue weighted by atomic mass is 16.5. The van der Waals surface area contributed by atoms with E-state index in [1.54, 1.807) is 19.0 Å². The summed E-state index contributed by atoms with van der Waals surface area (Å²) in [7, 11) is 5.55. The molecular weight excluding hydrogens is 242 g/mol. The van der Waals surface area contributed by atoms with E-state index in [1.165, 1.54) is 0 Å². The second-order valence-corrected chi connectivity index (χ2v) is 4.85. The van der Waals surface area contributed by atoms with Gasteiger partial charge in [-0.3, -0.25) is 4.79 Å². The van der Waals surface area contributed by atoms with Crippen LogP contribution in [0.2, 0.25) is 0 Å². The molecule has 100 valence electrons. The van der Waals surface area contributed by atoms with Gasteiger partial charge in [-0.1, -0.05) is 0 Å². The Morgan fingerprint density at radius 1 is 1.37 bits per heavy atom. The molecule has 1 amide bonds. The van der Waals surface area contributed by atoms with Crippen molar-refractivity contribution in [2.75, 3.05) is 25.6 Å². The van der Waals surface area contributed by atoms with E-state index in [0.717, 1.165) is 22.3 Å². The quantitative estimate of drug-likeness (QED) is 0.835. The standard InChI is InChI=1S/C14H17N3O2/c1-15-10-8-19-13-7-11-9(4-5-16(11)2)6-12(13)17(3)14(10)18/h4-7,10,15H,8H2,1-3H3/t10-/m0/s1. The highest BCUT2D eigenvalue weighted by molar-refractivity contribution is 6.01. The highest BCUT2D eigenvalue weighted by Gasteiger charge is 2.28. The summed E-state index contributed by atoms with van der Waals surface area (Å²) in [5.74, 6) is 0.777. The van der Waals surface area contributed by atoms with Gasteiger partial charge in [0.1, 0.15) is 18.4 Å². The molecule has 1 atom stereocenters. The van der Waals surface area contributed by atoms with Crippen molar-refractivity contribution in [2.45, 2.75) is 6.04 Å². The van der Waals surface area contributed by atoms with Crippen molar-refractivity contribution in [2.24, 2.45) is 7.05 Å². The second kappa shape index (κ2) is 4.28. The van der Waals surface area contributed by atoms with Crippen molar-refractivity contribution in [1.29, 1.82) is 0 Å². The lowest BCUT2D eigenvalue weighted by Crippen LogP contribution is -2.45. The largest absolute Gasteiger partial charge is 0.489 e. The smallest absolute Gasteiger partial charge is 0.247 e. The number of fused-ring (bicyclic) bond motifs is 2. The molecule has 1 N–H and O–H groups in total. The zero-order chi connectivity index (χ0) is 13.6. The van der Waals surface area contributed by atoms with E-state index in [4.69, 9.17) is 4.74 Å². The summed E-state index contributed by atoms with van der Waals surface area (Å²) < 4.78 is 7.83. The predicted octanol–water partition coefficient (Wildman–Crippen LogP) is 1.12. The first-order chi connectivity index (χ1) is 9.11. The maximum Gasteiger partial charge on any atom is 0.247 e. The Hall–Kier alpha value is -2.01. The summed E-state index contributed by atoms with van der Waals surface area (Å²) in [6, 6.07) is 5.72. The van der Waals surface area contributed by atoms with Crippen molar-refractivity contribution in [3.63, 3.8) is 0 Å². The number of likely N-dealkylation sites (N-methyl/N-ethyl adjacent to an activating group) is 2. The lowest BCUT2D eigenvalue weighted by Gasteiger charge is -2.19. The molecule has 0 saturated heterocycles. The van der Waals surface area contributed by atoms with E-state index in [1.807, 2.05) is 36.0 Å².